The van der Waals surface area contributed by atoms with Crippen LogP contribution >= 0.6 is 0 Å². The van der Waals surface area contributed by atoms with E-state index in [9.17, 15) is 13.9 Å². The summed E-state index contributed by atoms with van der Waals surface area (Å²) in [6.07, 6.45) is -2.79. The predicted octanol–water partition coefficient (Wildman–Crippen LogP) is 2.89. The standard InChI is InChI=1S/C11H11F2N3O2/c1-6(7-3-2-4-8(17)5-7)14-11-16-15-10(18-11)9(12)13/h2-6,9,17H,1H3,(H,14,16). The summed E-state index contributed by atoms with van der Waals surface area (Å²) in [5, 5.41) is 18.8. The van der Waals surface area contributed by atoms with E-state index < -0.39 is 12.3 Å². The van der Waals surface area contributed by atoms with Crippen molar-refractivity contribution in [1.29, 1.82) is 0 Å². The van der Waals surface area contributed by atoms with E-state index in [1.54, 1.807) is 25.1 Å². The molecule has 1 unspecified atom stereocenters. The van der Waals surface area contributed by atoms with Crippen LogP contribution in [-0.4, -0.2) is 15.3 Å². The quantitative estimate of drug-likeness (QED) is 0.878. The first-order valence-corrected chi connectivity index (χ1v) is 5.23. The molecular formula is C11H11F2N3O2. The highest BCUT2D eigenvalue weighted by atomic mass is 19.3. The van der Waals surface area contributed by atoms with Crippen LogP contribution in [0.25, 0.3) is 0 Å². The Labute approximate surface area is 101 Å². The first-order chi connectivity index (χ1) is 8.56. The fourth-order valence-corrected chi connectivity index (χ4v) is 1.44. The number of benzene rings is 1. The monoisotopic (exact) mass is 255 g/mol. The second-order valence-electron chi connectivity index (χ2n) is 3.71. The van der Waals surface area contributed by atoms with Crippen LogP contribution in [0.5, 0.6) is 5.75 Å². The number of phenolic OH excluding ortho intramolecular Hbond substituents is 1. The van der Waals surface area contributed by atoms with Crippen LogP contribution in [0.2, 0.25) is 0 Å². The summed E-state index contributed by atoms with van der Waals surface area (Å²) in [6.45, 7) is 1.78. The molecule has 0 fully saturated rings. The lowest BCUT2D eigenvalue weighted by Crippen LogP contribution is -2.06. The first-order valence-electron chi connectivity index (χ1n) is 5.23. The van der Waals surface area contributed by atoms with Crippen LogP contribution in [0.4, 0.5) is 14.8 Å². The molecule has 2 N–H and O–H groups in total. The second kappa shape index (κ2) is 4.99. The molecule has 0 saturated carbocycles. The smallest absolute Gasteiger partial charge is 0.316 e. The molecule has 1 heterocycles. The normalized spacial score (nSPS) is 12.7. The molecule has 0 amide bonds. The second-order valence-corrected chi connectivity index (χ2v) is 3.71. The maximum atomic E-state index is 12.2. The van der Waals surface area contributed by atoms with E-state index in [0.29, 0.717) is 0 Å². The van der Waals surface area contributed by atoms with Crippen LogP contribution in [-0.2, 0) is 0 Å². The van der Waals surface area contributed by atoms with Gasteiger partial charge in [-0.2, -0.15) is 8.78 Å². The van der Waals surface area contributed by atoms with Crippen molar-refractivity contribution in [2.24, 2.45) is 0 Å². The number of halogens is 2. The molecule has 7 heteroatoms. The Kier molecular flexibility index (Phi) is 3.40. The lowest BCUT2D eigenvalue weighted by atomic mass is 10.1. The minimum absolute atomic E-state index is 0.0823. The third kappa shape index (κ3) is 2.73. The molecule has 5 nitrogen and oxygen atoms in total. The van der Waals surface area contributed by atoms with Gasteiger partial charge in [-0.1, -0.05) is 17.2 Å². The fraction of sp³-hybridized carbons (Fsp3) is 0.273. The molecule has 1 aromatic heterocycles. The molecule has 0 aliphatic heterocycles. The average Bonchev–Trinajstić information content (AvgIpc) is 2.77. The van der Waals surface area contributed by atoms with Crippen molar-refractivity contribution in [2.45, 2.75) is 19.4 Å². The van der Waals surface area contributed by atoms with Crippen LogP contribution in [0, 0.1) is 0 Å². The maximum Gasteiger partial charge on any atom is 0.316 e. The molecule has 1 atom stereocenters. The van der Waals surface area contributed by atoms with E-state index in [-0.39, 0.29) is 17.8 Å². The molecule has 0 aliphatic carbocycles. The SMILES string of the molecule is CC(Nc1nnc(C(F)F)o1)c1cccc(O)c1. The minimum atomic E-state index is -2.79. The summed E-state index contributed by atoms with van der Waals surface area (Å²) < 4.78 is 29.2. The molecule has 0 spiro atoms. The van der Waals surface area contributed by atoms with Crippen molar-refractivity contribution in [3.63, 3.8) is 0 Å². The fourth-order valence-electron chi connectivity index (χ4n) is 1.44. The van der Waals surface area contributed by atoms with E-state index in [1.165, 1.54) is 6.07 Å². The number of aromatic nitrogens is 2. The number of phenols is 1. The third-order valence-electron chi connectivity index (χ3n) is 2.34. The molecule has 96 valence electrons. The average molecular weight is 255 g/mol. The summed E-state index contributed by atoms with van der Waals surface area (Å²) in [4.78, 5) is 0. The lowest BCUT2D eigenvalue weighted by Gasteiger charge is -2.12. The predicted molar refractivity (Wildman–Crippen MR) is 59.4 cm³/mol. The maximum absolute atomic E-state index is 12.2. The summed E-state index contributed by atoms with van der Waals surface area (Å²) in [6, 6.07) is 6.22. The van der Waals surface area contributed by atoms with Gasteiger partial charge in [0.1, 0.15) is 5.75 Å². The summed E-state index contributed by atoms with van der Waals surface area (Å²) >= 11 is 0. The Morgan fingerprint density at radius 2 is 2.11 bits per heavy atom. The molecule has 2 rings (SSSR count). The zero-order chi connectivity index (χ0) is 13.1. The van der Waals surface area contributed by atoms with Crippen LogP contribution in [0.3, 0.4) is 0 Å². The summed E-state index contributed by atoms with van der Waals surface area (Å²) in [5.41, 5.74) is 0.770. The number of alkyl halides is 2. The Balaban J connectivity index is 2.08. The zero-order valence-corrected chi connectivity index (χ0v) is 9.47. The van der Waals surface area contributed by atoms with Gasteiger partial charge in [0.2, 0.25) is 0 Å². The Bertz CT molecular complexity index is 531. The molecule has 0 aliphatic rings. The van der Waals surface area contributed by atoms with E-state index in [4.69, 9.17) is 4.42 Å². The van der Waals surface area contributed by atoms with Crippen LogP contribution < -0.4 is 5.32 Å². The number of anilines is 1. The van der Waals surface area contributed by atoms with Crippen molar-refractivity contribution in [3.8, 4) is 5.75 Å². The lowest BCUT2D eigenvalue weighted by molar-refractivity contribution is 0.116. The van der Waals surface area contributed by atoms with Crippen LogP contribution in [0.15, 0.2) is 28.7 Å². The Morgan fingerprint density at radius 3 is 2.72 bits per heavy atom. The molecule has 0 saturated heterocycles. The molecule has 18 heavy (non-hydrogen) atoms. The van der Waals surface area contributed by atoms with Crippen molar-refractivity contribution in [1.82, 2.24) is 10.2 Å². The van der Waals surface area contributed by atoms with E-state index in [0.717, 1.165) is 5.56 Å². The number of hydrogen-bond donors (Lipinski definition) is 2. The highest BCUT2D eigenvalue weighted by Gasteiger charge is 2.17. The zero-order valence-electron chi connectivity index (χ0n) is 9.47. The van der Waals surface area contributed by atoms with Gasteiger partial charge in [0, 0.05) is 0 Å². The van der Waals surface area contributed by atoms with Gasteiger partial charge in [-0.25, -0.2) is 0 Å². The number of nitrogens with zero attached hydrogens (tertiary/aromatic N) is 2. The van der Waals surface area contributed by atoms with Gasteiger partial charge >= 0.3 is 12.4 Å². The van der Waals surface area contributed by atoms with Gasteiger partial charge in [-0.05, 0) is 24.6 Å². The van der Waals surface area contributed by atoms with Crippen LogP contribution in [0.1, 0.15) is 30.8 Å². The van der Waals surface area contributed by atoms with Gasteiger partial charge in [-0.3, -0.25) is 0 Å². The molecule has 0 radical (unpaired) electrons. The summed E-state index contributed by atoms with van der Waals surface area (Å²) in [7, 11) is 0. The molecular weight excluding hydrogens is 244 g/mol. The van der Waals surface area contributed by atoms with Gasteiger partial charge < -0.3 is 14.8 Å². The Morgan fingerprint density at radius 1 is 1.33 bits per heavy atom. The highest BCUT2D eigenvalue weighted by molar-refractivity contribution is 5.33. The van der Waals surface area contributed by atoms with E-state index in [2.05, 4.69) is 15.5 Å². The van der Waals surface area contributed by atoms with Crippen molar-refractivity contribution < 1.29 is 18.3 Å². The number of hydrogen-bond acceptors (Lipinski definition) is 5. The third-order valence-corrected chi connectivity index (χ3v) is 2.34. The van der Waals surface area contributed by atoms with Crippen molar-refractivity contribution in [3.05, 3.63) is 35.7 Å². The van der Waals surface area contributed by atoms with Gasteiger partial charge in [0.05, 0.1) is 6.04 Å². The molecule has 1 aromatic carbocycles. The molecule has 0 bridgehead atoms. The topological polar surface area (TPSA) is 71.2 Å². The number of aromatic hydroxyl groups is 1. The minimum Gasteiger partial charge on any atom is -0.508 e. The first kappa shape index (κ1) is 12.3. The number of nitrogens with one attached hydrogen (secondary N) is 1. The molecule has 2 aromatic rings. The number of rotatable bonds is 4. The largest absolute Gasteiger partial charge is 0.508 e. The van der Waals surface area contributed by atoms with Crippen molar-refractivity contribution in [2.75, 3.05) is 5.32 Å². The van der Waals surface area contributed by atoms with Crippen molar-refractivity contribution >= 4 is 6.01 Å². The van der Waals surface area contributed by atoms with Gasteiger partial charge in [-0.15, -0.1) is 5.10 Å². The van der Waals surface area contributed by atoms with E-state index in [1.807, 2.05) is 0 Å². The van der Waals surface area contributed by atoms with E-state index >= 15 is 0 Å². The van der Waals surface area contributed by atoms with Gasteiger partial charge in [0.25, 0.3) is 5.89 Å². The summed E-state index contributed by atoms with van der Waals surface area (Å²) in [5.74, 6) is -0.597. The Hall–Kier alpha value is -2.18. The van der Waals surface area contributed by atoms with Gasteiger partial charge in [0.15, 0.2) is 0 Å². The highest BCUT2D eigenvalue weighted by Crippen LogP contribution is 2.23.